The van der Waals surface area contributed by atoms with Crippen LogP contribution < -0.4 is 9.21 Å². The summed E-state index contributed by atoms with van der Waals surface area (Å²) in [6.45, 7) is 2.07. The fraction of sp³-hybridized carbons (Fsp3) is 0.238. The number of piperazine rings is 1. The molecular formula is C21H19ClN4O3S. The molecule has 5 rings (SSSR count). The van der Waals surface area contributed by atoms with Crippen molar-refractivity contribution in [1.82, 2.24) is 9.88 Å². The van der Waals surface area contributed by atoms with Crippen molar-refractivity contribution in [3.63, 3.8) is 0 Å². The Bertz CT molecular complexity index is 1230. The molecule has 7 nitrogen and oxygen atoms in total. The fourth-order valence-corrected chi connectivity index (χ4v) is 5.86. The van der Waals surface area contributed by atoms with E-state index in [0.29, 0.717) is 42.3 Å². The summed E-state index contributed by atoms with van der Waals surface area (Å²) in [6, 6.07) is 14.3. The van der Waals surface area contributed by atoms with Gasteiger partial charge in [0.1, 0.15) is 12.4 Å². The molecule has 0 unspecified atom stereocenters. The lowest BCUT2D eigenvalue weighted by atomic mass is 10.1. The van der Waals surface area contributed by atoms with Crippen molar-refractivity contribution in [1.29, 1.82) is 0 Å². The molecule has 2 aromatic carbocycles. The molecule has 3 aromatic rings. The average molecular weight is 443 g/mol. The number of nitrogens with zero attached hydrogens (tertiary/aromatic N) is 4. The number of aromatic nitrogens is 1. The quantitative estimate of drug-likeness (QED) is 0.623. The minimum absolute atomic E-state index is 0.199. The topological polar surface area (TPSA) is 73.8 Å². The normalized spacial score (nSPS) is 17.6. The molecule has 1 aromatic heterocycles. The van der Waals surface area contributed by atoms with Gasteiger partial charge in [-0.3, -0.25) is 9.10 Å². The molecule has 1 saturated heterocycles. The van der Waals surface area contributed by atoms with Gasteiger partial charge in [-0.05, 0) is 29.7 Å². The van der Waals surface area contributed by atoms with Gasteiger partial charge in [-0.15, -0.1) is 0 Å². The van der Waals surface area contributed by atoms with Crippen LogP contribution >= 0.6 is 11.6 Å². The maximum atomic E-state index is 13.1. The smallest absolute Gasteiger partial charge is 0.265 e. The second-order valence-corrected chi connectivity index (χ2v) is 9.61. The minimum Gasteiger partial charge on any atom is -0.353 e. The molecule has 2 aliphatic heterocycles. The predicted molar refractivity (Wildman–Crippen MR) is 117 cm³/mol. The second-order valence-electron chi connectivity index (χ2n) is 7.35. The van der Waals surface area contributed by atoms with Crippen LogP contribution in [-0.4, -0.2) is 56.9 Å². The maximum Gasteiger partial charge on any atom is 0.265 e. The van der Waals surface area contributed by atoms with E-state index in [9.17, 15) is 13.2 Å². The van der Waals surface area contributed by atoms with Gasteiger partial charge in [0.15, 0.2) is 0 Å². The SMILES string of the molecule is O=C(CN1c2cccc3cccc(c23)S1(=O)=O)N1CCN(c2ccc(Cl)cn2)CC1. The second kappa shape index (κ2) is 7.14. The van der Waals surface area contributed by atoms with E-state index in [4.69, 9.17) is 11.6 Å². The first-order valence-electron chi connectivity index (χ1n) is 9.64. The van der Waals surface area contributed by atoms with Gasteiger partial charge < -0.3 is 9.80 Å². The highest BCUT2D eigenvalue weighted by Crippen LogP contribution is 2.41. The lowest BCUT2D eigenvalue weighted by Gasteiger charge is -2.36. The molecule has 30 heavy (non-hydrogen) atoms. The number of benzene rings is 2. The minimum atomic E-state index is -3.74. The number of rotatable bonds is 3. The van der Waals surface area contributed by atoms with Crippen molar-refractivity contribution >= 4 is 49.8 Å². The third-order valence-corrected chi connectivity index (χ3v) is 7.65. The van der Waals surface area contributed by atoms with E-state index in [-0.39, 0.29) is 17.3 Å². The van der Waals surface area contributed by atoms with E-state index in [1.54, 1.807) is 35.4 Å². The molecule has 3 heterocycles. The van der Waals surface area contributed by atoms with Crippen LogP contribution in [0.2, 0.25) is 5.02 Å². The predicted octanol–water partition coefficient (Wildman–Crippen LogP) is 2.75. The van der Waals surface area contributed by atoms with Gasteiger partial charge in [0.25, 0.3) is 10.0 Å². The molecule has 9 heteroatoms. The van der Waals surface area contributed by atoms with Crippen LogP contribution in [0.3, 0.4) is 0 Å². The van der Waals surface area contributed by atoms with E-state index in [1.807, 2.05) is 24.3 Å². The molecule has 0 saturated carbocycles. The summed E-state index contributed by atoms with van der Waals surface area (Å²) in [7, 11) is -3.74. The van der Waals surface area contributed by atoms with Crippen molar-refractivity contribution in [3.8, 4) is 0 Å². The molecular weight excluding hydrogens is 424 g/mol. The Morgan fingerprint density at radius 2 is 1.73 bits per heavy atom. The average Bonchev–Trinajstić information content (AvgIpc) is 2.98. The molecule has 0 N–H and O–H groups in total. The lowest BCUT2D eigenvalue weighted by molar-refractivity contribution is -0.129. The summed E-state index contributed by atoms with van der Waals surface area (Å²) in [5.74, 6) is 0.614. The first kappa shape index (κ1) is 19.1. The van der Waals surface area contributed by atoms with E-state index in [1.165, 1.54) is 4.31 Å². The van der Waals surface area contributed by atoms with E-state index < -0.39 is 10.0 Å². The zero-order valence-corrected chi connectivity index (χ0v) is 17.6. The summed E-state index contributed by atoms with van der Waals surface area (Å²) in [5.41, 5.74) is 0.570. The molecule has 0 aliphatic carbocycles. The number of carbonyl (C=O) groups is 1. The molecule has 0 atom stereocenters. The van der Waals surface area contributed by atoms with Crippen LogP contribution in [0.25, 0.3) is 10.8 Å². The van der Waals surface area contributed by atoms with Crippen LogP contribution in [0.1, 0.15) is 0 Å². The number of carbonyl (C=O) groups excluding carboxylic acids is 1. The van der Waals surface area contributed by atoms with Gasteiger partial charge in [0.2, 0.25) is 5.91 Å². The number of anilines is 2. The number of sulfonamides is 1. The van der Waals surface area contributed by atoms with Crippen molar-refractivity contribution in [2.45, 2.75) is 4.90 Å². The summed E-state index contributed by atoms with van der Waals surface area (Å²) in [4.78, 5) is 21.4. The summed E-state index contributed by atoms with van der Waals surface area (Å²) in [6.07, 6.45) is 1.60. The van der Waals surface area contributed by atoms with Crippen molar-refractivity contribution in [3.05, 3.63) is 59.8 Å². The van der Waals surface area contributed by atoms with Crippen LogP contribution in [0.5, 0.6) is 0 Å². The van der Waals surface area contributed by atoms with E-state index in [2.05, 4.69) is 9.88 Å². The Kier molecular flexibility index (Phi) is 4.56. The van der Waals surface area contributed by atoms with Gasteiger partial charge in [-0.25, -0.2) is 13.4 Å². The third kappa shape index (κ3) is 3.07. The van der Waals surface area contributed by atoms with Crippen molar-refractivity contribution in [2.24, 2.45) is 0 Å². The Balaban J connectivity index is 1.32. The number of halogens is 1. The van der Waals surface area contributed by atoms with Gasteiger partial charge in [-0.2, -0.15) is 0 Å². The Labute approximate surface area is 179 Å². The van der Waals surface area contributed by atoms with Crippen molar-refractivity contribution in [2.75, 3.05) is 41.9 Å². The van der Waals surface area contributed by atoms with Gasteiger partial charge in [0.05, 0.1) is 15.6 Å². The Hall–Kier alpha value is -2.84. The third-order valence-electron chi connectivity index (χ3n) is 5.63. The van der Waals surface area contributed by atoms with Crippen LogP contribution in [0.15, 0.2) is 59.6 Å². The molecule has 0 spiro atoms. The summed E-state index contributed by atoms with van der Waals surface area (Å²) >= 11 is 5.89. The Morgan fingerprint density at radius 3 is 2.43 bits per heavy atom. The highest BCUT2D eigenvalue weighted by Gasteiger charge is 2.37. The zero-order valence-electron chi connectivity index (χ0n) is 16.0. The highest BCUT2D eigenvalue weighted by atomic mass is 35.5. The maximum absolute atomic E-state index is 13.1. The molecule has 154 valence electrons. The first-order chi connectivity index (χ1) is 14.4. The largest absolute Gasteiger partial charge is 0.353 e. The van der Waals surface area contributed by atoms with Crippen molar-refractivity contribution < 1.29 is 13.2 Å². The molecule has 1 fully saturated rings. The monoisotopic (exact) mass is 442 g/mol. The molecule has 0 radical (unpaired) electrons. The number of pyridine rings is 1. The van der Waals surface area contributed by atoms with Gasteiger partial charge in [-0.1, -0.05) is 35.9 Å². The van der Waals surface area contributed by atoms with Gasteiger partial charge in [0, 0.05) is 37.8 Å². The fourth-order valence-electron chi connectivity index (χ4n) is 4.09. The number of amides is 1. The van der Waals surface area contributed by atoms with Crippen LogP contribution in [0.4, 0.5) is 11.5 Å². The zero-order chi connectivity index (χ0) is 20.9. The van der Waals surface area contributed by atoms with Crippen LogP contribution in [0, 0.1) is 0 Å². The van der Waals surface area contributed by atoms with E-state index >= 15 is 0 Å². The number of hydrogen-bond donors (Lipinski definition) is 0. The first-order valence-corrected chi connectivity index (χ1v) is 11.5. The molecule has 1 amide bonds. The summed E-state index contributed by atoms with van der Waals surface area (Å²) < 4.78 is 27.4. The molecule has 0 bridgehead atoms. The molecule has 2 aliphatic rings. The summed E-state index contributed by atoms with van der Waals surface area (Å²) in [5, 5.41) is 2.12. The number of hydrogen-bond acceptors (Lipinski definition) is 5. The standard InChI is InChI=1S/C21H19ClN4O3S/c22-16-7-8-19(23-13-16)24-9-11-25(12-10-24)20(27)14-26-17-5-1-3-15-4-2-6-18(21(15)17)30(26,28)29/h1-8,13H,9-12,14H2. The van der Waals surface area contributed by atoms with E-state index in [0.717, 1.165) is 11.2 Å². The van der Waals surface area contributed by atoms with Crippen LogP contribution in [-0.2, 0) is 14.8 Å². The highest BCUT2D eigenvalue weighted by molar-refractivity contribution is 7.93. The lowest BCUT2D eigenvalue weighted by Crippen LogP contribution is -2.51. The Morgan fingerprint density at radius 1 is 1.00 bits per heavy atom. The van der Waals surface area contributed by atoms with Gasteiger partial charge >= 0.3 is 0 Å².